The van der Waals surface area contributed by atoms with Gasteiger partial charge in [0.15, 0.2) is 0 Å². The first-order valence-electron chi connectivity index (χ1n) is 8.14. The molecular weight excluding hydrogens is 396 g/mol. The molecule has 2 unspecified atom stereocenters. The molecule has 3 rings (SSSR count). The van der Waals surface area contributed by atoms with E-state index in [2.05, 4.69) is 50.4 Å². The molecule has 0 radical (unpaired) electrons. The maximum Gasteiger partial charge on any atom is 0.223 e. The first kappa shape index (κ1) is 19.1. The lowest BCUT2D eigenvalue weighted by atomic mass is 10.1. The first-order valence-corrected chi connectivity index (χ1v) is 9.92. The SMILES string of the molecule is Cl.O=C(CCCSc1ccc(Br)cc1)N1C2CCNCC1CC2. The Kier molecular flexibility index (Phi) is 7.73. The van der Waals surface area contributed by atoms with E-state index in [-0.39, 0.29) is 12.4 Å². The van der Waals surface area contributed by atoms with Gasteiger partial charge < -0.3 is 10.2 Å². The van der Waals surface area contributed by atoms with Crippen molar-refractivity contribution in [3.05, 3.63) is 28.7 Å². The van der Waals surface area contributed by atoms with Crippen LogP contribution in [0, 0.1) is 0 Å². The number of thioether (sulfide) groups is 1. The Morgan fingerprint density at radius 1 is 1.22 bits per heavy atom. The second kappa shape index (κ2) is 9.30. The standard InChI is InChI=1S/C17H23BrN2OS.ClH/c18-13-3-7-16(8-4-13)22-11-1-2-17(21)20-14-5-6-15(20)12-19-10-9-14;/h3-4,7-8,14-15,19H,1-2,5-6,9-12H2;1H. The lowest BCUT2D eigenvalue weighted by molar-refractivity contribution is -0.133. The summed E-state index contributed by atoms with van der Waals surface area (Å²) in [6.07, 6.45) is 5.15. The number of hydrogen-bond donors (Lipinski definition) is 1. The van der Waals surface area contributed by atoms with Crippen LogP contribution in [0.3, 0.4) is 0 Å². The van der Waals surface area contributed by atoms with E-state index < -0.39 is 0 Å². The molecule has 2 aliphatic rings. The Morgan fingerprint density at radius 3 is 2.74 bits per heavy atom. The Balaban J connectivity index is 0.00000192. The molecule has 2 heterocycles. The summed E-state index contributed by atoms with van der Waals surface area (Å²) in [5.41, 5.74) is 0. The molecule has 2 fully saturated rings. The van der Waals surface area contributed by atoms with Crippen molar-refractivity contribution in [1.82, 2.24) is 10.2 Å². The summed E-state index contributed by atoms with van der Waals surface area (Å²) in [4.78, 5) is 16.0. The molecule has 1 aromatic carbocycles. The quantitative estimate of drug-likeness (QED) is 0.576. The van der Waals surface area contributed by atoms with Crippen molar-refractivity contribution in [1.29, 1.82) is 0 Å². The lowest BCUT2D eigenvalue weighted by Crippen LogP contribution is -2.42. The van der Waals surface area contributed by atoms with Crippen LogP contribution in [0.4, 0.5) is 0 Å². The number of hydrogen-bond acceptors (Lipinski definition) is 3. The van der Waals surface area contributed by atoms with E-state index in [4.69, 9.17) is 0 Å². The van der Waals surface area contributed by atoms with Crippen molar-refractivity contribution < 1.29 is 4.79 Å². The fourth-order valence-electron chi connectivity index (χ4n) is 3.46. The first-order chi connectivity index (χ1) is 10.7. The Hall–Kier alpha value is -0.230. The summed E-state index contributed by atoms with van der Waals surface area (Å²) in [6.45, 7) is 2.04. The predicted octanol–water partition coefficient (Wildman–Crippen LogP) is 4.10. The molecule has 3 nitrogen and oxygen atoms in total. The number of fused-ring (bicyclic) bond motifs is 2. The predicted molar refractivity (Wildman–Crippen MR) is 102 cm³/mol. The molecule has 2 saturated heterocycles. The number of carbonyl (C=O) groups excluding carboxylic acids is 1. The number of carbonyl (C=O) groups is 1. The second-order valence-electron chi connectivity index (χ2n) is 6.08. The van der Waals surface area contributed by atoms with Crippen LogP contribution in [-0.4, -0.2) is 41.7 Å². The average Bonchev–Trinajstić information content (AvgIpc) is 2.78. The fourth-order valence-corrected chi connectivity index (χ4v) is 4.58. The molecule has 0 aliphatic carbocycles. The van der Waals surface area contributed by atoms with Gasteiger partial charge in [-0.1, -0.05) is 15.9 Å². The molecule has 6 heteroatoms. The average molecular weight is 420 g/mol. The summed E-state index contributed by atoms with van der Waals surface area (Å²) in [5.74, 6) is 1.38. The van der Waals surface area contributed by atoms with Crippen molar-refractivity contribution in [2.75, 3.05) is 18.8 Å². The van der Waals surface area contributed by atoms with Gasteiger partial charge in [0.1, 0.15) is 0 Å². The normalized spacial score (nSPS) is 23.3. The van der Waals surface area contributed by atoms with E-state index in [1.165, 1.54) is 17.7 Å². The maximum absolute atomic E-state index is 12.6. The van der Waals surface area contributed by atoms with Gasteiger partial charge in [0, 0.05) is 34.4 Å². The summed E-state index contributed by atoms with van der Waals surface area (Å²) in [5, 5.41) is 3.45. The number of nitrogens with zero attached hydrogens (tertiary/aromatic N) is 1. The zero-order valence-corrected chi connectivity index (χ0v) is 16.4. The van der Waals surface area contributed by atoms with Gasteiger partial charge in [0.25, 0.3) is 0 Å². The molecule has 1 amide bonds. The van der Waals surface area contributed by atoms with Crippen LogP contribution in [0.1, 0.15) is 32.1 Å². The van der Waals surface area contributed by atoms with E-state index >= 15 is 0 Å². The number of nitrogens with one attached hydrogen (secondary N) is 1. The molecule has 0 aromatic heterocycles. The molecule has 0 saturated carbocycles. The summed E-state index contributed by atoms with van der Waals surface area (Å²) in [7, 11) is 0. The highest BCUT2D eigenvalue weighted by Gasteiger charge is 2.37. The minimum Gasteiger partial charge on any atom is -0.335 e. The third-order valence-corrected chi connectivity index (χ3v) is 6.19. The highest BCUT2D eigenvalue weighted by molar-refractivity contribution is 9.10. The van der Waals surface area contributed by atoms with Crippen molar-refractivity contribution in [3.8, 4) is 0 Å². The van der Waals surface area contributed by atoms with Crippen LogP contribution >= 0.6 is 40.1 Å². The number of rotatable bonds is 5. The Bertz CT molecular complexity index is 500. The van der Waals surface area contributed by atoms with Gasteiger partial charge in [-0.05, 0) is 62.2 Å². The van der Waals surface area contributed by atoms with Crippen molar-refractivity contribution in [2.24, 2.45) is 0 Å². The molecule has 23 heavy (non-hydrogen) atoms. The number of benzene rings is 1. The van der Waals surface area contributed by atoms with E-state index in [0.29, 0.717) is 24.4 Å². The number of halogens is 2. The Morgan fingerprint density at radius 2 is 1.96 bits per heavy atom. The topological polar surface area (TPSA) is 32.3 Å². The summed E-state index contributed by atoms with van der Waals surface area (Å²) >= 11 is 5.28. The third-order valence-electron chi connectivity index (χ3n) is 4.56. The molecule has 1 N–H and O–H groups in total. The van der Waals surface area contributed by atoms with Crippen LogP contribution in [0.2, 0.25) is 0 Å². The van der Waals surface area contributed by atoms with E-state index in [1.807, 2.05) is 11.8 Å². The monoisotopic (exact) mass is 418 g/mol. The van der Waals surface area contributed by atoms with E-state index in [0.717, 1.165) is 36.2 Å². The lowest BCUT2D eigenvalue weighted by Gasteiger charge is -2.28. The number of amides is 1. The third kappa shape index (κ3) is 5.12. The molecule has 2 atom stereocenters. The van der Waals surface area contributed by atoms with Gasteiger partial charge in [-0.2, -0.15) is 0 Å². The highest BCUT2D eigenvalue weighted by Crippen LogP contribution is 2.29. The van der Waals surface area contributed by atoms with Gasteiger partial charge >= 0.3 is 0 Å². The summed E-state index contributed by atoms with van der Waals surface area (Å²) < 4.78 is 1.11. The zero-order valence-electron chi connectivity index (χ0n) is 13.2. The fraction of sp³-hybridized carbons (Fsp3) is 0.588. The van der Waals surface area contributed by atoms with Crippen molar-refractivity contribution in [3.63, 3.8) is 0 Å². The summed E-state index contributed by atoms with van der Waals surface area (Å²) in [6, 6.07) is 9.31. The molecule has 128 valence electrons. The molecule has 0 spiro atoms. The van der Waals surface area contributed by atoms with Crippen molar-refractivity contribution >= 4 is 46.0 Å². The van der Waals surface area contributed by atoms with Crippen LogP contribution in [0.15, 0.2) is 33.6 Å². The zero-order chi connectivity index (χ0) is 15.4. The van der Waals surface area contributed by atoms with E-state index in [1.54, 1.807) is 0 Å². The maximum atomic E-state index is 12.6. The largest absolute Gasteiger partial charge is 0.335 e. The molecule has 1 aromatic rings. The van der Waals surface area contributed by atoms with Crippen LogP contribution in [-0.2, 0) is 4.79 Å². The molecular formula is C17H24BrClN2OS. The van der Waals surface area contributed by atoms with Gasteiger partial charge in [0.2, 0.25) is 5.91 Å². The van der Waals surface area contributed by atoms with Gasteiger partial charge in [-0.25, -0.2) is 0 Å². The highest BCUT2D eigenvalue weighted by atomic mass is 79.9. The van der Waals surface area contributed by atoms with Gasteiger partial charge in [-0.15, -0.1) is 24.2 Å². The van der Waals surface area contributed by atoms with Crippen LogP contribution in [0.5, 0.6) is 0 Å². The minimum absolute atomic E-state index is 0. The van der Waals surface area contributed by atoms with Gasteiger partial charge in [-0.3, -0.25) is 4.79 Å². The molecule has 2 bridgehead atoms. The minimum atomic E-state index is 0. The Labute approximate surface area is 157 Å². The smallest absolute Gasteiger partial charge is 0.223 e. The van der Waals surface area contributed by atoms with Crippen LogP contribution in [0.25, 0.3) is 0 Å². The van der Waals surface area contributed by atoms with Crippen LogP contribution < -0.4 is 5.32 Å². The van der Waals surface area contributed by atoms with Crippen molar-refractivity contribution in [2.45, 2.75) is 49.1 Å². The van der Waals surface area contributed by atoms with E-state index in [9.17, 15) is 4.79 Å². The second-order valence-corrected chi connectivity index (χ2v) is 8.17. The van der Waals surface area contributed by atoms with Gasteiger partial charge in [0.05, 0.1) is 0 Å². The molecule has 2 aliphatic heterocycles.